The van der Waals surface area contributed by atoms with Gasteiger partial charge in [-0.2, -0.15) is 0 Å². The molecule has 2 unspecified atom stereocenters. The van der Waals surface area contributed by atoms with Gasteiger partial charge in [-0.05, 0) is 51.3 Å². The quantitative estimate of drug-likeness (QED) is 0.859. The Morgan fingerprint density at radius 3 is 2.77 bits per heavy atom. The number of benzene rings is 1. The monoisotopic (exact) mass is 351 g/mol. The van der Waals surface area contributed by atoms with E-state index in [0.29, 0.717) is 18.7 Å². The molecular weight excluding hydrogens is 326 g/mol. The van der Waals surface area contributed by atoms with Crippen LogP contribution < -0.4 is 5.32 Å². The van der Waals surface area contributed by atoms with Crippen LogP contribution >= 0.6 is 0 Å². The van der Waals surface area contributed by atoms with Crippen molar-refractivity contribution in [2.24, 2.45) is 5.92 Å². The van der Waals surface area contributed by atoms with Crippen molar-refractivity contribution >= 4 is 22.7 Å². The van der Waals surface area contributed by atoms with Crippen LogP contribution in [0, 0.1) is 26.7 Å². The molecule has 1 aromatic carbocycles. The Bertz CT molecular complexity index is 906. The van der Waals surface area contributed by atoms with E-state index in [9.17, 15) is 9.59 Å². The maximum atomic E-state index is 13.4. The van der Waals surface area contributed by atoms with E-state index < -0.39 is 0 Å². The summed E-state index contributed by atoms with van der Waals surface area (Å²) in [5.74, 6) is 0.0216. The highest BCUT2D eigenvalue weighted by Gasteiger charge is 2.35. The average molecular weight is 351 g/mol. The summed E-state index contributed by atoms with van der Waals surface area (Å²) in [6.07, 6.45) is 2.85. The van der Waals surface area contributed by atoms with Crippen molar-refractivity contribution in [2.45, 2.75) is 46.1 Å². The van der Waals surface area contributed by atoms with Gasteiger partial charge in [-0.3, -0.25) is 14.6 Å². The minimum atomic E-state index is -0.0934. The Hall–Kier alpha value is -2.43. The maximum Gasteiger partial charge on any atom is 0.254 e. The molecule has 2 amide bonds. The fourth-order valence-corrected chi connectivity index (χ4v) is 4.37. The number of carbonyl (C=O) groups excluding carboxylic acids is 2. The van der Waals surface area contributed by atoms with Gasteiger partial charge < -0.3 is 10.2 Å². The number of pyridine rings is 1. The number of amides is 2. The van der Waals surface area contributed by atoms with E-state index in [1.807, 2.05) is 37.8 Å². The van der Waals surface area contributed by atoms with E-state index in [0.717, 1.165) is 47.0 Å². The molecule has 2 aliphatic rings. The summed E-state index contributed by atoms with van der Waals surface area (Å²) < 4.78 is 0. The van der Waals surface area contributed by atoms with Gasteiger partial charge in [0, 0.05) is 30.2 Å². The zero-order valence-corrected chi connectivity index (χ0v) is 15.6. The molecule has 2 aliphatic heterocycles. The highest BCUT2D eigenvalue weighted by atomic mass is 16.2. The number of nitrogens with one attached hydrogen (secondary N) is 1. The minimum absolute atomic E-state index is 0.0129. The van der Waals surface area contributed by atoms with Gasteiger partial charge in [0.15, 0.2) is 0 Å². The van der Waals surface area contributed by atoms with Crippen LogP contribution in [0.25, 0.3) is 10.9 Å². The van der Waals surface area contributed by atoms with Crippen LogP contribution in [0.5, 0.6) is 0 Å². The normalized spacial score (nSPS) is 22.9. The van der Waals surface area contributed by atoms with Crippen molar-refractivity contribution in [1.29, 1.82) is 0 Å². The smallest absolute Gasteiger partial charge is 0.254 e. The van der Waals surface area contributed by atoms with Gasteiger partial charge in [-0.25, -0.2) is 0 Å². The van der Waals surface area contributed by atoms with Gasteiger partial charge in [0.25, 0.3) is 5.91 Å². The third kappa shape index (κ3) is 2.96. The van der Waals surface area contributed by atoms with Crippen molar-refractivity contribution < 1.29 is 9.59 Å². The first-order valence-electron chi connectivity index (χ1n) is 9.40. The number of aromatic nitrogens is 1. The summed E-state index contributed by atoms with van der Waals surface area (Å²) in [6.45, 7) is 7.11. The molecule has 2 saturated heterocycles. The molecule has 1 N–H and O–H groups in total. The standard InChI is InChI=1S/C21H25N3O2/c1-12-7-13(2)19-17(8-12)18(9-14(3)22-19)21(26)24-10-15-5-4-6-16(11-24)23-20(15)25/h7-9,15-16H,4-6,10-11H2,1-3H3,(H,23,25). The van der Waals surface area contributed by atoms with Gasteiger partial charge in [-0.1, -0.05) is 18.1 Å². The predicted octanol–water partition coefficient (Wildman–Crippen LogP) is 2.90. The Labute approximate surface area is 153 Å². The summed E-state index contributed by atoms with van der Waals surface area (Å²) in [7, 11) is 0. The van der Waals surface area contributed by atoms with Gasteiger partial charge in [-0.15, -0.1) is 0 Å². The van der Waals surface area contributed by atoms with E-state index >= 15 is 0 Å². The number of likely N-dealkylation sites (tertiary alicyclic amines) is 1. The van der Waals surface area contributed by atoms with Crippen LogP contribution in [0.3, 0.4) is 0 Å². The lowest BCUT2D eigenvalue weighted by Gasteiger charge is -2.28. The van der Waals surface area contributed by atoms with E-state index in [2.05, 4.69) is 16.4 Å². The van der Waals surface area contributed by atoms with Crippen molar-refractivity contribution in [2.75, 3.05) is 13.1 Å². The molecule has 0 saturated carbocycles. The van der Waals surface area contributed by atoms with Gasteiger partial charge in [0.05, 0.1) is 17.0 Å². The zero-order valence-electron chi connectivity index (χ0n) is 15.6. The Morgan fingerprint density at radius 1 is 1.15 bits per heavy atom. The molecule has 26 heavy (non-hydrogen) atoms. The fourth-order valence-electron chi connectivity index (χ4n) is 4.37. The molecule has 0 spiro atoms. The molecule has 2 fully saturated rings. The molecule has 3 heterocycles. The third-order valence-corrected chi connectivity index (χ3v) is 5.60. The van der Waals surface area contributed by atoms with Crippen molar-refractivity contribution in [3.05, 3.63) is 40.6 Å². The Morgan fingerprint density at radius 2 is 1.96 bits per heavy atom. The highest BCUT2D eigenvalue weighted by molar-refractivity contribution is 6.07. The predicted molar refractivity (Wildman–Crippen MR) is 101 cm³/mol. The second-order valence-corrected chi connectivity index (χ2v) is 7.83. The van der Waals surface area contributed by atoms with Crippen molar-refractivity contribution in [3.63, 3.8) is 0 Å². The number of aryl methyl sites for hydroxylation is 3. The molecule has 2 aromatic rings. The summed E-state index contributed by atoms with van der Waals surface area (Å²) in [4.78, 5) is 32.3. The number of rotatable bonds is 1. The number of carbonyl (C=O) groups is 2. The fraction of sp³-hybridized carbons (Fsp3) is 0.476. The second kappa shape index (κ2) is 6.38. The van der Waals surface area contributed by atoms with Crippen LogP contribution in [-0.2, 0) is 4.79 Å². The number of hydrogen-bond acceptors (Lipinski definition) is 3. The van der Waals surface area contributed by atoms with Crippen LogP contribution in [0.2, 0.25) is 0 Å². The lowest BCUT2D eigenvalue weighted by molar-refractivity contribution is -0.124. The molecule has 136 valence electrons. The summed E-state index contributed by atoms with van der Waals surface area (Å²) in [5.41, 5.74) is 4.65. The first-order valence-corrected chi connectivity index (χ1v) is 9.40. The molecular formula is C21H25N3O2. The lowest BCUT2D eigenvalue weighted by Crippen LogP contribution is -2.41. The van der Waals surface area contributed by atoms with Crippen LogP contribution in [-0.4, -0.2) is 40.8 Å². The van der Waals surface area contributed by atoms with Crippen LogP contribution in [0.1, 0.15) is 46.4 Å². The highest BCUT2D eigenvalue weighted by Crippen LogP contribution is 2.27. The topological polar surface area (TPSA) is 62.3 Å². The molecule has 2 bridgehead atoms. The van der Waals surface area contributed by atoms with E-state index in [1.165, 1.54) is 0 Å². The van der Waals surface area contributed by atoms with Gasteiger partial charge in [0.1, 0.15) is 0 Å². The maximum absolute atomic E-state index is 13.4. The van der Waals surface area contributed by atoms with E-state index in [4.69, 9.17) is 0 Å². The average Bonchev–Trinajstić information content (AvgIpc) is 2.83. The Kier molecular flexibility index (Phi) is 4.17. The van der Waals surface area contributed by atoms with E-state index in [-0.39, 0.29) is 23.8 Å². The molecule has 5 nitrogen and oxygen atoms in total. The summed E-state index contributed by atoms with van der Waals surface area (Å²) >= 11 is 0. The molecule has 5 heteroatoms. The molecule has 1 aromatic heterocycles. The minimum Gasteiger partial charge on any atom is -0.351 e. The number of hydrogen-bond donors (Lipinski definition) is 1. The van der Waals surface area contributed by atoms with Crippen LogP contribution in [0.4, 0.5) is 0 Å². The lowest BCUT2D eigenvalue weighted by atomic mass is 9.97. The third-order valence-electron chi connectivity index (χ3n) is 5.60. The van der Waals surface area contributed by atoms with Gasteiger partial charge >= 0.3 is 0 Å². The molecule has 4 rings (SSSR count). The van der Waals surface area contributed by atoms with Crippen LogP contribution in [0.15, 0.2) is 18.2 Å². The first-order chi connectivity index (χ1) is 12.4. The SMILES string of the molecule is Cc1cc(C)c2nc(C)cc(C(=O)N3CC4CCCC(C3)C(=O)N4)c2c1. The zero-order chi connectivity index (χ0) is 18.4. The summed E-state index contributed by atoms with van der Waals surface area (Å²) in [5, 5.41) is 4.01. The number of fused-ring (bicyclic) bond motifs is 4. The molecule has 0 aliphatic carbocycles. The summed E-state index contributed by atoms with van der Waals surface area (Å²) in [6, 6.07) is 6.10. The number of nitrogens with zero attached hydrogens (tertiary/aromatic N) is 2. The van der Waals surface area contributed by atoms with Crippen molar-refractivity contribution in [1.82, 2.24) is 15.2 Å². The van der Waals surface area contributed by atoms with Gasteiger partial charge in [0.2, 0.25) is 5.91 Å². The van der Waals surface area contributed by atoms with E-state index in [1.54, 1.807) is 0 Å². The van der Waals surface area contributed by atoms with Crippen molar-refractivity contribution in [3.8, 4) is 0 Å². The molecule has 2 atom stereocenters. The first kappa shape index (κ1) is 17.0. The molecule has 0 radical (unpaired) electrons. The second-order valence-electron chi connectivity index (χ2n) is 7.83. The largest absolute Gasteiger partial charge is 0.351 e. The Balaban J connectivity index is 1.78.